The molecule has 0 saturated heterocycles. The monoisotopic (exact) mass is 329 g/mol. The van der Waals surface area contributed by atoms with E-state index in [0.717, 1.165) is 18.9 Å². The molecule has 2 unspecified atom stereocenters. The summed E-state index contributed by atoms with van der Waals surface area (Å²) < 4.78 is 32.4. The summed E-state index contributed by atoms with van der Waals surface area (Å²) in [6.45, 7) is 0.387. The number of nitrogens with one attached hydrogen (secondary N) is 1. The average molecular weight is 329 g/mol. The fourth-order valence-electron chi connectivity index (χ4n) is 2.73. The molecule has 0 amide bonds. The molecule has 8 nitrogen and oxygen atoms in total. The molecule has 0 spiro atoms. The standard InChI is InChI=1S/C13H19N3O5S/c1-21-10-5-6-13(12(7-10)16(17)18)22(19,20)15-11-4-2-3-9(11)8-14/h5-7,9,11,15H,2-4,8,14H2,1H3. The SMILES string of the molecule is COc1ccc(S(=O)(=O)NC2CCCC2CN)c([N+](=O)[O-])c1. The number of hydrogen-bond donors (Lipinski definition) is 2. The van der Waals surface area contributed by atoms with E-state index in [0.29, 0.717) is 13.0 Å². The second-order valence-electron chi connectivity index (χ2n) is 5.25. The highest BCUT2D eigenvalue weighted by molar-refractivity contribution is 7.89. The van der Waals surface area contributed by atoms with Gasteiger partial charge in [-0.05, 0) is 37.4 Å². The molecule has 1 aliphatic rings. The summed E-state index contributed by atoms with van der Waals surface area (Å²) in [7, 11) is -2.63. The van der Waals surface area contributed by atoms with Crippen molar-refractivity contribution in [3.63, 3.8) is 0 Å². The number of ether oxygens (including phenoxy) is 1. The zero-order valence-corrected chi connectivity index (χ0v) is 13.0. The van der Waals surface area contributed by atoms with E-state index in [1.807, 2.05) is 0 Å². The lowest BCUT2D eigenvalue weighted by Crippen LogP contribution is -2.39. The number of sulfonamides is 1. The number of nitrogens with zero attached hydrogens (tertiary/aromatic N) is 1. The van der Waals surface area contributed by atoms with Crippen molar-refractivity contribution in [2.75, 3.05) is 13.7 Å². The van der Waals surface area contributed by atoms with Crippen molar-refractivity contribution in [1.29, 1.82) is 0 Å². The van der Waals surface area contributed by atoms with Crippen LogP contribution < -0.4 is 15.2 Å². The Morgan fingerprint density at radius 1 is 1.45 bits per heavy atom. The number of hydrogen-bond acceptors (Lipinski definition) is 6. The molecule has 0 heterocycles. The number of nitro groups is 1. The molecule has 9 heteroatoms. The van der Waals surface area contributed by atoms with Crippen molar-refractivity contribution >= 4 is 15.7 Å². The Bertz CT molecular complexity index is 662. The predicted molar refractivity (Wildman–Crippen MR) is 80.2 cm³/mol. The molecule has 1 saturated carbocycles. The first kappa shape index (κ1) is 16.7. The lowest BCUT2D eigenvalue weighted by Gasteiger charge is -2.19. The molecule has 0 radical (unpaired) electrons. The maximum absolute atomic E-state index is 12.5. The maximum atomic E-state index is 12.5. The Balaban J connectivity index is 2.35. The second kappa shape index (κ2) is 6.59. The summed E-state index contributed by atoms with van der Waals surface area (Å²) in [5, 5.41) is 11.1. The Morgan fingerprint density at radius 3 is 2.77 bits per heavy atom. The molecule has 22 heavy (non-hydrogen) atoms. The number of methoxy groups -OCH3 is 1. The van der Waals surface area contributed by atoms with Crippen LogP contribution in [0.15, 0.2) is 23.1 Å². The lowest BCUT2D eigenvalue weighted by molar-refractivity contribution is -0.387. The summed E-state index contributed by atoms with van der Waals surface area (Å²) in [5.41, 5.74) is 5.13. The molecule has 1 fully saturated rings. The number of nitro benzene ring substituents is 1. The van der Waals surface area contributed by atoms with Crippen molar-refractivity contribution in [3.8, 4) is 5.75 Å². The molecular weight excluding hydrogens is 310 g/mol. The average Bonchev–Trinajstić information content (AvgIpc) is 2.92. The first-order valence-corrected chi connectivity index (χ1v) is 8.42. The molecule has 1 aliphatic carbocycles. The van der Waals surface area contributed by atoms with E-state index in [4.69, 9.17) is 10.5 Å². The zero-order chi connectivity index (χ0) is 16.3. The van der Waals surface area contributed by atoms with Gasteiger partial charge in [0.25, 0.3) is 5.69 Å². The van der Waals surface area contributed by atoms with Gasteiger partial charge in [-0.25, -0.2) is 13.1 Å². The van der Waals surface area contributed by atoms with Crippen LogP contribution in [0.4, 0.5) is 5.69 Å². The summed E-state index contributed by atoms with van der Waals surface area (Å²) in [4.78, 5) is 10.0. The number of benzene rings is 1. The molecular formula is C13H19N3O5S. The van der Waals surface area contributed by atoms with Crippen molar-refractivity contribution < 1.29 is 18.1 Å². The van der Waals surface area contributed by atoms with E-state index in [-0.39, 0.29) is 22.6 Å². The highest BCUT2D eigenvalue weighted by Crippen LogP contribution is 2.31. The third kappa shape index (κ3) is 3.37. The third-order valence-electron chi connectivity index (χ3n) is 3.92. The van der Waals surface area contributed by atoms with E-state index in [1.165, 1.54) is 19.2 Å². The van der Waals surface area contributed by atoms with Crippen molar-refractivity contribution in [2.45, 2.75) is 30.2 Å². The molecule has 1 aromatic rings. The van der Waals surface area contributed by atoms with Crippen LogP contribution in [0.1, 0.15) is 19.3 Å². The summed E-state index contributed by atoms with van der Waals surface area (Å²) in [6.07, 6.45) is 2.43. The van der Waals surface area contributed by atoms with E-state index < -0.39 is 20.6 Å². The first-order chi connectivity index (χ1) is 10.4. The smallest absolute Gasteiger partial charge is 0.293 e. The van der Waals surface area contributed by atoms with Crippen LogP contribution in [0.3, 0.4) is 0 Å². The highest BCUT2D eigenvalue weighted by atomic mass is 32.2. The van der Waals surface area contributed by atoms with Gasteiger partial charge in [-0.1, -0.05) is 6.42 Å². The fraction of sp³-hybridized carbons (Fsp3) is 0.538. The second-order valence-corrected chi connectivity index (χ2v) is 6.93. The van der Waals surface area contributed by atoms with Gasteiger partial charge < -0.3 is 10.5 Å². The van der Waals surface area contributed by atoms with Crippen molar-refractivity contribution in [3.05, 3.63) is 28.3 Å². The fourth-order valence-corrected chi connectivity index (χ4v) is 4.22. The molecule has 3 N–H and O–H groups in total. The predicted octanol–water partition coefficient (Wildman–Crippen LogP) is 1.01. The van der Waals surface area contributed by atoms with Crippen LogP contribution in [0.2, 0.25) is 0 Å². The van der Waals surface area contributed by atoms with Crippen LogP contribution in [-0.2, 0) is 10.0 Å². The molecule has 2 rings (SSSR count). The van der Waals surface area contributed by atoms with Crippen LogP contribution in [0, 0.1) is 16.0 Å². The van der Waals surface area contributed by atoms with Crippen molar-refractivity contribution in [1.82, 2.24) is 4.72 Å². The first-order valence-electron chi connectivity index (χ1n) is 6.94. The van der Waals surface area contributed by atoms with Crippen LogP contribution in [0.5, 0.6) is 5.75 Å². The van der Waals surface area contributed by atoms with Crippen LogP contribution >= 0.6 is 0 Å². The Labute approximate surface area is 128 Å². The lowest BCUT2D eigenvalue weighted by atomic mass is 10.1. The van der Waals surface area contributed by atoms with Gasteiger partial charge in [0.1, 0.15) is 5.75 Å². The van der Waals surface area contributed by atoms with Gasteiger partial charge in [-0.15, -0.1) is 0 Å². The molecule has 1 aromatic carbocycles. The maximum Gasteiger partial charge on any atom is 0.293 e. The number of rotatable bonds is 6. The minimum Gasteiger partial charge on any atom is -0.497 e. The molecule has 122 valence electrons. The van der Waals surface area contributed by atoms with Crippen LogP contribution in [0.25, 0.3) is 0 Å². The third-order valence-corrected chi connectivity index (χ3v) is 5.46. The Hall–Kier alpha value is -1.71. The van der Waals surface area contributed by atoms with E-state index in [2.05, 4.69) is 4.72 Å². The van der Waals surface area contributed by atoms with Gasteiger partial charge in [0, 0.05) is 6.04 Å². The quantitative estimate of drug-likeness (QED) is 0.593. The van der Waals surface area contributed by atoms with Gasteiger partial charge in [0.05, 0.1) is 18.1 Å². The van der Waals surface area contributed by atoms with Crippen molar-refractivity contribution in [2.24, 2.45) is 11.7 Å². The molecule has 0 aliphatic heterocycles. The topological polar surface area (TPSA) is 125 Å². The Morgan fingerprint density at radius 2 is 2.18 bits per heavy atom. The van der Waals surface area contributed by atoms with E-state index in [1.54, 1.807) is 0 Å². The zero-order valence-electron chi connectivity index (χ0n) is 12.2. The molecule has 0 bridgehead atoms. The summed E-state index contributed by atoms with van der Waals surface area (Å²) >= 11 is 0. The summed E-state index contributed by atoms with van der Waals surface area (Å²) in [5.74, 6) is 0.290. The molecule has 0 aromatic heterocycles. The van der Waals surface area contributed by atoms with E-state index >= 15 is 0 Å². The molecule has 2 atom stereocenters. The minimum atomic E-state index is -3.99. The van der Waals surface area contributed by atoms with Gasteiger partial charge >= 0.3 is 0 Å². The normalized spacial score (nSPS) is 21.7. The van der Waals surface area contributed by atoms with Crippen LogP contribution in [-0.4, -0.2) is 33.0 Å². The number of nitrogens with two attached hydrogens (primary N) is 1. The minimum absolute atomic E-state index is 0.0621. The van der Waals surface area contributed by atoms with Gasteiger partial charge in [0.2, 0.25) is 10.0 Å². The Kier molecular flexibility index (Phi) is 4.99. The van der Waals surface area contributed by atoms with E-state index in [9.17, 15) is 18.5 Å². The van der Waals surface area contributed by atoms with Gasteiger partial charge in [-0.2, -0.15) is 0 Å². The largest absolute Gasteiger partial charge is 0.497 e. The summed E-state index contributed by atoms with van der Waals surface area (Å²) in [6, 6.07) is 3.39. The van der Waals surface area contributed by atoms with Gasteiger partial charge in [0.15, 0.2) is 4.90 Å². The highest BCUT2D eigenvalue weighted by Gasteiger charge is 2.33. The van der Waals surface area contributed by atoms with Gasteiger partial charge in [-0.3, -0.25) is 10.1 Å².